The van der Waals surface area contributed by atoms with E-state index >= 15 is 0 Å². The maximum absolute atomic E-state index is 12.2. The third kappa shape index (κ3) is 8.57. The number of likely N-dealkylation sites (tertiary alicyclic amines) is 1. The molecule has 1 aromatic rings. The van der Waals surface area contributed by atoms with Gasteiger partial charge in [0.05, 0.1) is 6.42 Å². The number of hydrogen-bond acceptors (Lipinski definition) is 2. The molecule has 1 saturated heterocycles. The van der Waals surface area contributed by atoms with Crippen LogP contribution < -0.4 is 10.6 Å². The normalized spacial score (nSPS) is 16.9. The predicted molar refractivity (Wildman–Crippen MR) is 110 cm³/mol. The maximum Gasteiger partial charge on any atom is 0.390 e. The Morgan fingerprint density at radius 2 is 1.96 bits per heavy atom. The van der Waals surface area contributed by atoms with E-state index in [1.165, 1.54) is 11.1 Å². The van der Waals surface area contributed by atoms with Gasteiger partial charge in [0, 0.05) is 39.3 Å². The van der Waals surface area contributed by atoms with Gasteiger partial charge < -0.3 is 10.6 Å². The molecule has 148 valence electrons. The summed E-state index contributed by atoms with van der Waals surface area (Å²) in [7, 11) is 1.58. The Balaban J connectivity index is 0.00000338. The van der Waals surface area contributed by atoms with E-state index in [1.807, 2.05) is 0 Å². The third-order valence-electron chi connectivity index (χ3n) is 4.34. The van der Waals surface area contributed by atoms with Gasteiger partial charge in [0.15, 0.2) is 5.96 Å². The SMILES string of the molecule is CN=C(NCCC(F)(F)F)NC1CCN(Cc2cccc(C)c2)CC1.I. The highest BCUT2D eigenvalue weighted by Gasteiger charge is 2.26. The fraction of sp³-hybridized carbons (Fsp3) is 0.611. The molecule has 2 rings (SSSR count). The van der Waals surface area contributed by atoms with E-state index in [0.717, 1.165) is 32.5 Å². The second-order valence-corrected chi connectivity index (χ2v) is 6.55. The fourth-order valence-corrected chi connectivity index (χ4v) is 3.01. The molecule has 4 nitrogen and oxygen atoms in total. The zero-order valence-corrected chi connectivity index (χ0v) is 17.6. The number of halogens is 4. The second kappa shape index (κ2) is 11.0. The molecule has 0 spiro atoms. The summed E-state index contributed by atoms with van der Waals surface area (Å²) in [6.45, 7) is 4.80. The van der Waals surface area contributed by atoms with Crippen molar-refractivity contribution in [3.05, 3.63) is 35.4 Å². The lowest BCUT2D eigenvalue weighted by atomic mass is 10.0. The largest absolute Gasteiger partial charge is 0.390 e. The van der Waals surface area contributed by atoms with Gasteiger partial charge in [-0.15, -0.1) is 24.0 Å². The fourth-order valence-electron chi connectivity index (χ4n) is 3.01. The predicted octanol–water partition coefficient (Wildman–Crippen LogP) is 3.69. The minimum absolute atomic E-state index is 0. The Bertz CT molecular complexity index is 570. The van der Waals surface area contributed by atoms with Gasteiger partial charge in [-0.2, -0.15) is 13.2 Å². The van der Waals surface area contributed by atoms with E-state index in [4.69, 9.17) is 0 Å². The van der Waals surface area contributed by atoms with E-state index in [2.05, 4.69) is 51.7 Å². The summed E-state index contributed by atoms with van der Waals surface area (Å²) in [5.41, 5.74) is 2.58. The molecular formula is C18H28F3IN4. The molecular weight excluding hydrogens is 456 g/mol. The minimum Gasteiger partial charge on any atom is -0.356 e. The lowest BCUT2D eigenvalue weighted by Crippen LogP contribution is -2.48. The van der Waals surface area contributed by atoms with Crippen molar-refractivity contribution < 1.29 is 13.2 Å². The Hall–Kier alpha value is -1.03. The van der Waals surface area contributed by atoms with Gasteiger partial charge in [0.25, 0.3) is 0 Å². The number of aliphatic imine (C=N–C) groups is 1. The quantitative estimate of drug-likeness (QED) is 0.381. The Labute approximate surface area is 170 Å². The summed E-state index contributed by atoms with van der Waals surface area (Å²) >= 11 is 0. The first-order chi connectivity index (χ1) is 11.9. The van der Waals surface area contributed by atoms with Gasteiger partial charge in [-0.3, -0.25) is 9.89 Å². The smallest absolute Gasteiger partial charge is 0.356 e. The molecule has 0 bridgehead atoms. The van der Waals surface area contributed by atoms with E-state index in [0.29, 0.717) is 5.96 Å². The molecule has 0 aliphatic carbocycles. The van der Waals surface area contributed by atoms with Gasteiger partial charge >= 0.3 is 6.18 Å². The number of hydrogen-bond donors (Lipinski definition) is 2. The van der Waals surface area contributed by atoms with Gasteiger partial charge in [0.1, 0.15) is 0 Å². The summed E-state index contributed by atoms with van der Waals surface area (Å²) < 4.78 is 36.6. The highest BCUT2D eigenvalue weighted by Crippen LogP contribution is 2.18. The summed E-state index contributed by atoms with van der Waals surface area (Å²) in [5, 5.41) is 5.97. The minimum atomic E-state index is -4.15. The average molecular weight is 484 g/mol. The lowest BCUT2D eigenvalue weighted by Gasteiger charge is -2.33. The molecule has 8 heteroatoms. The molecule has 1 fully saturated rings. The van der Waals surface area contributed by atoms with Crippen LogP contribution in [0.4, 0.5) is 13.2 Å². The highest BCUT2D eigenvalue weighted by molar-refractivity contribution is 14.0. The van der Waals surface area contributed by atoms with Crippen molar-refractivity contribution in [1.82, 2.24) is 15.5 Å². The van der Waals surface area contributed by atoms with E-state index in [9.17, 15) is 13.2 Å². The van der Waals surface area contributed by atoms with Crippen LogP contribution in [0.5, 0.6) is 0 Å². The molecule has 0 aromatic heterocycles. The van der Waals surface area contributed by atoms with Crippen LogP contribution in [0.25, 0.3) is 0 Å². The monoisotopic (exact) mass is 484 g/mol. The first-order valence-corrected chi connectivity index (χ1v) is 8.67. The van der Waals surface area contributed by atoms with Crippen molar-refractivity contribution in [1.29, 1.82) is 0 Å². The Kier molecular flexibility index (Phi) is 9.70. The van der Waals surface area contributed by atoms with Crippen LogP contribution in [0.1, 0.15) is 30.4 Å². The highest BCUT2D eigenvalue weighted by atomic mass is 127. The van der Waals surface area contributed by atoms with Crippen molar-refractivity contribution >= 4 is 29.9 Å². The van der Waals surface area contributed by atoms with Crippen molar-refractivity contribution in [2.45, 2.75) is 44.9 Å². The van der Waals surface area contributed by atoms with Crippen molar-refractivity contribution in [3.63, 3.8) is 0 Å². The third-order valence-corrected chi connectivity index (χ3v) is 4.34. The standard InChI is InChI=1S/C18H27F3N4.HI/c1-14-4-3-5-15(12-14)13-25-10-6-16(7-11-25)24-17(22-2)23-9-8-18(19,20)21;/h3-5,12,16H,6-11,13H2,1-2H3,(H2,22,23,24);1H. The van der Waals surface area contributed by atoms with Gasteiger partial charge in [-0.25, -0.2) is 0 Å². The van der Waals surface area contributed by atoms with Crippen molar-refractivity contribution in [3.8, 4) is 0 Å². The molecule has 1 aliphatic rings. The molecule has 0 unspecified atom stereocenters. The van der Waals surface area contributed by atoms with Crippen LogP contribution in [0.2, 0.25) is 0 Å². The van der Waals surface area contributed by atoms with Crippen LogP contribution in [-0.2, 0) is 6.54 Å². The van der Waals surface area contributed by atoms with Gasteiger partial charge in [-0.05, 0) is 25.3 Å². The van der Waals surface area contributed by atoms with E-state index in [1.54, 1.807) is 7.05 Å². The molecule has 1 aliphatic heterocycles. The summed E-state index contributed by atoms with van der Waals surface area (Å²) in [6, 6.07) is 8.76. The number of aryl methyl sites for hydroxylation is 1. The van der Waals surface area contributed by atoms with Crippen LogP contribution in [-0.4, -0.2) is 49.8 Å². The molecule has 0 saturated carbocycles. The zero-order chi connectivity index (χ0) is 18.3. The summed E-state index contributed by atoms with van der Waals surface area (Å²) in [6.07, 6.45) is -3.10. The summed E-state index contributed by atoms with van der Waals surface area (Å²) in [5.74, 6) is 0.446. The van der Waals surface area contributed by atoms with Crippen LogP contribution in [0.3, 0.4) is 0 Å². The second-order valence-electron chi connectivity index (χ2n) is 6.55. The topological polar surface area (TPSA) is 39.7 Å². The first-order valence-electron chi connectivity index (χ1n) is 8.67. The van der Waals surface area contributed by atoms with E-state index < -0.39 is 12.6 Å². The van der Waals surface area contributed by atoms with Crippen LogP contribution >= 0.6 is 24.0 Å². The molecule has 0 amide bonds. The van der Waals surface area contributed by atoms with Crippen LogP contribution in [0.15, 0.2) is 29.3 Å². The molecule has 26 heavy (non-hydrogen) atoms. The molecule has 0 radical (unpaired) electrons. The number of rotatable bonds is 5. The lowest BCUT2D eigenvalue weighted by molar-refractivity contribution is -0.132. The zero-order valence-electron chi connectivity index (χ0n) is 15.3. The number of alkyl halides is 3. The van der Waals surface area contributed by atoms with Crippen molar-refractivity contribution in [2.75, 3.05) is 26.7 Å². The van der Waals surface area contributed by atoms with Crippen molar-refractivity contribution in [2.24, 2.45) is 4.99 Å². The molecule has 1 heterocycles. The maximum atomic E-state index is 12.2. The Morgan fingerprint density at radius 3 is 2.54 bits per heavy atom. The molecule has 2 N–H and O–H groups in total. The first kappa shape index (κ1) is 23.0. The van der Waals surface area contributed by atoms with Gasteiger partial charge in [-0.1, -0.05) is 29.8 Å². The van der Waals surface area contributed by atoms with Crippen LogP contribution in [0, 0.1) is 6.92 Å². The molecule has 1 aromatic carbocycles. The van der Waals surface area contributed by atoms with Gasteiger partial charge in [0.2, 0.25) is 0 Å². The summed E-state index contributed by atoms with van der Waals surface area (Å²) in [4.78, 5) is 6.42. The number of nitrogens with zero attached hydrogens (tertiary/aromatic N) is 2. The molecule has 0 atom stereocenters. The van der Waals surface area contributed by atoms with E-state index in [-0.39, 0.29) is 36.6 Å². The number of benzene rings is 1. The number of piperidine rings is 1. The average Bonchev–Trinajstić information content (AvgIpc) is 2.54. The number of nitrogens with one attached hydrogen (secondary N) is 2. The Morgan fingerprint density at radius 1 is 1.27 bits per heavy atom. The number of guanidine groups is 1.